The number of amides is 1. The summed E-state index contributed by atoms with van der Waals surface area (Å²) < 4.78 is 10.0. The first-order valence-electron chi connectivity index (χ1n) is 18.8. The van der Waals surface area contributed by atoms with Gasteiger partial charge in [0.1, 0.15) is 11.9 Å². The second-order valence-electron chi connectivity index (χ2n) is 14.1. The molecule has 0 radical (unpaired) electrons. The molecule has 1 amide bonds. The highest BCUT2D eigenvalue weighted by Gasteiger charge is 2.23. The zero-order valence-electron chi connectivity index (χ0n) is 30.5. The standard InChI is InChI=1S/C42H50Cl2N6O2S/c1-48(46-47-50(31-51)24-6-11-32-7-2-3-8-32)39-17-15-38(16-18-39)45-53-41-20-21-42-35(29-41)14-19-40(52-42)30-49(25-22-33-9-4-12-36(43)27-33)26-23-34-10-5-13-37(44)28-34/h4-5,9-10,12-13,15-18,20-21,27-29,31-32,40,45H,2-3,6-8,11,14,19,22-26,30H2,1H3/b47-46-. The number of carbonyl (C=O) groups excluding carboxylic acids is 1. The molecule has 0 aromatic heterocycles. The van der Waals surface area contributed by atoms with Crippen molar-refractivity contribution in [2.24, 2.45) is 16.4 Å². The number of nitrogens with zero attached hydrogens (tertiary/aromatic N) is 5. The summed E-state index contributed by atoms with van der Waals surface area (Å²) in [5, 5.41) is 13.0. The summed E-state index contributed by atoms with van der Waals surface area (Å²) in [7, 11) is 1.83. The number of halogens is 2. The summed E-state index contributed by atoms with van der Waals surface area (Å²) in [5.74, 6) is 1.78. The highest BCUT2D eigenvalue weighted by molar-refractivity contribution is 8.00. The number of carbonyl (C=O) groups is 1. The van der Waals surface area contributed by atoms with E-state index in [2.05, 4.69) is 62.5 Å². The molecule has 4 aromatic carbocycles. The smallest absolute Gasteiger partial charge is 0.231 e. The summed E-state index contributed by atoms with van der Waals surface area (Å²) in [6.07, 6.45) is 12.1. The van der Waals surface area contributed by atoms with Crippen molar-refractivity contribution in [1.29, 1.82) is 0 Å². The Balaban J connectivity index is 0.974. The molecule has 53 heavy (non-hydrogen) atoms. The zero-order chi connectivity index (χ0) is 36.8. The molecule has 1 heterocycles. The van der Waals surface area contributed by atoms with Crippen LogP contribution in [-0.4, -0.2) is 55.6 Å². The normalized spacial score (nSPS) is 15.7. The molecule has 0 bridgehead atoms. The van der Waals surface area contributed by atoms with Gasteiger partial charge in [-0.25, -0.2) is 10.0 Å². The molecule has 2 aliphatic rings. The van der Waals surface area contributed by atoms with Crippen LogP contribution < -0.4 is 14.5 Å². The molecule has 1 aliphatic carbocycles. The molecule has 6 rings (SSSR count). The van der Waals surface area contributed by atoms with Crippen LogP contribution in [0, 0.1) is 5.92 Å². The molecular formula is C42H50Cl2N6O2S. The van der Waals surface area contributed by atoms with Crippen LogP contribution in [0.25, 0.3) is 0 Å². The lowest BCUT2D eigenvalue weighted by atomic mass is 10.0. The molecular weight excluding hydrogens is 723 g/mol. The molecule has 1 unspecified atom stereocenters. The molecule has 1 aliphatic heterocycles. The van der Waals surface area contributed by atoms with Crippen LogP contribution >= 0.6 is 35.1 Å². The van der Waals surface area contributed by atoms with Crippen molar-refractivity contribution in [3.8, 4) is 5.75 Å². The summed E-state index contributed by atoms with van der Waals surface area (Å²) in [6.45, 7) is 3.31. The highest BCUT2D eigenvalue weighted by atomic mass is 35.5. The van der Waals surface area contributed by atoms with Crippen LogP contribution in [0.1, 0.15) is 61.6 Å². The Morgan fingerprint density at radius 1 is 0.849 bits per heavy atom. The number of aryl methyl sites for hydroxylation is 1. The Bertz CT molecular complexity index is 1740. The van der Waals surface area contributed by atoms with Gasteiger partial charge in [0.25, 0.3) is 0 Å². The van der Waals surface area contributed by atoms with Crippen LogP contribution in [0.5, 0.6) is 5.75 Å². The summed E-state index contributed by atoms with van der Waals surface area (Å²) >= 11 is 14.1. The molecule has 1 atom stereocenters. The number of ether oxygens (including phenoxy) is 1. The fourth-order valence-electron chi connectivity index (χ4n) is 7.14. The van der Waals surface area contributed by atoms with Gasteiger partial charge in [0.05, 0.1) is 5.69 Å². The quantitative estimate of drug-likeness (QED) is 0.0443. The van der Waals surface area contributed by atoms with E-state index in [9.17, 15) is 4.79 Å². The van der Waals surface area contributed by atoms with E-state index in [4.69, 9.17) is 27.9 Å². The van der Waals surface area contributed by atoms with Gasteiger partial charge >= 0.3 is 0 Å². The van der Waals surface area contributed by atoms with E-state index < -0.39 is 0 Å². The molecule has 8 nitrogen and oxygen atoms in total. The van der Waals surface area contributed by atoms with Crippen molar-refractivity contribution in [1.82, 2.24) is 9.91 Å². The van der Waals surface area contributed by atoms with Crippen LogP contribution in [0.2, 0.25) is 10.0 Å². The van der Waals surface area contributed by atoms with Crippen molar-refractivity contribution >= 4 is 52.9 Å². The van der Waals surface area contributed by atoms with Crippen molar-refractivity contribution in [2.75, 3.05) is 43.0 Å². The number of nitrogens with one attached hydrogen (secondary N) is 1. The molecule has 1 fully saturated rings. The largest absolute Gasteiger partial charge is 0.489 e. The Kier molecular flexibility index (Phi) is 14.7. The van der Waals surface area contributed by atoms with E-state index in [-0.39, 0.29) is 6.10 Å². The van der Waals surface area contributed by atoms with Crippen molar-refractivity contribution < 1.29 is 9.53 Å². The van der Waals surface area contributed by atoms with Gasteiger partial charge in [0.2, 0.25) is 6.41 Å². The number of hydrogen-bond acceptors (Lipinski definition) is 7. The predicted octanol–water partition coefficient (Wildman–Crippen LogP) is 10.7. The Labute approximate surface area is 329 Å². The average molecular weight is 774 g/mol. The Hall–Kier alpha value is -3.76. The fourth-order valence-corrected chi connectivity index (χ4v) is 8.28. The van der Waals surface area contributed by atoms with Crippen LogP contribution in [0.3, 0.4) is 0 Å². The first-order valence-corrected chi connectivity index (χ1v) is 20.4. The van der Waals surface area contributed by atoms with E-state index in [1.807, 2.05) is 55.6 Å². The van der Waals surface area contributed by atoms with Crippen molar-refractivity contribution in [2.45, 2.75) is 75.2 Å². The Morgan fingerprint density at radius 3 is 2.21 bits per heavy atom. The summed E-state index contributed by atoms with van der Waals surface area (Å²) in [5.41, 5.74) is 5.59. The molecule has 0 spiro atoms. The predicted molar refractivity (Wildman–Crippen MR) is 219 cm³/mol. The fraction of sp³-hybridized carbons (Fsp3) is 0.405. The topological polar surface area (TPSA) is 72.8 Å². The average Bonchev–Trinajstić information content (AvgIpc) is 3.70. The number of benzene rings is 4. The lowest BCUT2D eigenvalue weighted by molar-refractivity contribution is -0.118. The first-order chi connectivity index (χ1) is 25.9. The zero-order valence-corrected chi connectivity index (χ0v) is 32.8. The SMILES string of the molecule is CN(/N=N\N(C=O)CCCC1CCCC1)c1ccc(NSc2ccc3c(c2)CCC(CN(CCc2cccc(Cl)c2)CCc2cccc(Cl)c2)O3)cc1. The number of fused-ring (bicyclic) bond motifs is 1. The lowest BCUT2D eigenvalue weighted by Gasteiger charge is -2.32. The maximum atomic E-state index is 11.5. The van der Waals surface area contributed by atoms with E-state index in [1.54, 1.807) is 17.0 Å². The maximum Gasteiger partial charge on any atom is 0.231 e. The summed E-state index contributed by atoms with van der Waals surface area (Å²) in [4.78, 5) is 15.2. The summed E-state index contributed by atoms with van der Waals surface area (Å²) in [6, 6.07) is 30.7. The van der Waals surface area contributed by atoms with Gasteiger partial charge < -0.3 is 9.46 Å². The van der Waals surface area contributed by atoms with Crippen LogP contribution in [0.4, 0.5) is 11.4 Å². The molecule has 1 N–H and O–H groups in total. The van der Waals surface area contributed by atoms with Crippen LogP contribution in [0.15, 0.2) is 106 Å². The molecule has 1 saturated carbocycles. The molecule has 280 valence electrons. The third kappa shape index (κ3) is 12.4. The van der Waals surface area contributed by atoms with Gasteiger partial charge in [0.15, 0.2) is 0 Å². The number of hydrogen-bond donors (Lipinski definition) is 1. The molecule has 0 saturated heterocycles. The highest BCUT2D eigenvalue weighted by Crippen LogP contribution is 2.33. The molecule has 11 heteroatoms. The number of anilines is 2. The molecule has 4 aromatic rings. The van der Waals surface area contributed by atoms with Gasteiger partial charge in [-0.3, -0.25) is 9.69 Å². The third-order valence-corrected chi connectivity index (χ3v) is 11.4. The minimum absolute atomic E-state index is 0.122. The van der Waals surface area contributed by atoms with Crippen molar-refractivity contribution in [3.05, 3.63) is 118 Å². The van der Waals surface area contributed by atoms with Crippen LogP contribution in [-0.2, 0) is 24.1 Å². The van der Waals surface area contributed by atoms with Gasteiger partial charge in [-0.15, -0.1) is 0 Å². The second-order valence-corrected chi connectivity index (χ2v) is 15.9. The van der Waals surface area contributed by atoms with Crippen molar-refractivity contribution in [3.63, 3.8) is 0 Å². The maximum absolute atomic E-state index is 11.5. The Morgan fingerprint density at radius 2 is 1.55 bits per heavy atom. The van der Waals surface area contributed by atoms with Gasteiger partial charge in [0, 0.05) is 53.9 Å². The minimum Gasteiger partial charge on any atom is -0.489 e. The van der Waals surface area contributed by atoms with Gasteiger partial charge in [-0.05, 0) is 150 Å². The lowest BCUT2D eigenvalue weighted by Crippen LogP contribution is -2.39. The van der Waals surface area contributed by atoms with Gasteiger partial charge in [-0.1, -0.05) is 73.2 Å². The van der Waals surface area contributed by atoms with E-state index in [0.29, 0.717) is 6.54 Å². The second kappa shape index (κ2) is 20.1. The first kappa shape index (κ1) is 38.9. The third-order valence-electron chi connectivity index (χ3n) is 10.1. The monoisotopic (exact) mass is 772 g/mol. The van der Waals surface area contributed by atoms with E-state index in [0.717, 1.165) is 103 Å². The van der Waals surface area contributed by atoms with Gasteiger partial charge in [-0.2, -0.15) is 0 Å². The number of rotatable bonds is 19. The minimum atomic E-state index is 0.122. The van der Waals surface area contributed by atoms with E-state index in [1.165, 1.54) is 47.4 Å². The van der Waals surface area contributed by atoms with E-state index >= 15 is 0 Å².